The number of carbonyl (C=O) groups excluding carboxylic acids is 1. The predicted octanol–water partition coefficient (Wildman–Crippen LogP) is 2.18. The summed E-state index contributed by atoms with van der Waals surface area (Å²) in [6, 6.07) is 1.11. The van der Waals surface area contributed by atoms with Crippen LogP contribution in [0.15, 0.2) is 21.4 Å². The largest absolute Gasteiger partial charge is 0.479 e. The van der Waals surface area contributed by atoms with E-state index in [1.54, 1.807) is 0 Å². The lowest BCUT2D eigenvalue weighted by molar-refractivity contribution is -0.203. The zero-order valence-electron chi connectivity index (χ0n) is 8.84. The zero-order valence-corrected chi connectivity index (χ0v) is 10.4. The Hall–Kier alpha value is -1.51. The van der Waals surface area contributed by atoms with E-state index in [-0.39, 0.29) is 10.2 Å². The van der Waals surface area contributed by atoms with Crippen molar-refractivity contribution in [2.24, 2.45) is 0 Å². The molecule has 0 aliphatic carbocycles. The third kappa shape index (κ3) is 2.50. The van der Waals surface area contributed by atoms with E-state index in [2.05, 4.69) is 20.3 Å². The zero-order chi connectivity index (χ0) is 14.1. The summed E-state index contributed by atoms with van der Waals surface area (Å²) >= 11 is 2.81. The number of carboxylic acid groups (broad SMARTS) is 1. The number of alkyl halides is 3. The highest BCUT2D eigenvalue weighted by molar-refractivity contribution is 9.10. The topological polar surface area (TPSA) is 79.5 Å². The fourth-order valence-corrected chi connectivity index (χ4v) is 1.42. The number of rotatable bonds is 3. The van der Waals surface area contributed by atoms with Gasteiger partial charge in [0.25, 0.3) is 5.91 Å². The molecule has 0 bridgehead atoms. The van der Waals surface area contributed by atoms with Crippen molar-refractivity contribution in [3.63, 3.8) is 0 Å². The van der Waals surface area contributed by atoms with Crippen molar-refractivity contribution in [3.05, 3.63) is 22.6 Å². The standard InChI is InChI=1S/C9H7BrF3NO4/c1-8(7(16)17,9(11,12)13)14-6(15)4-2-3-18-5(4)10/h2-3H,1H3,(H,14,15)(H,16,17). The molecule has 1 heterocycles. The van der Waals surface area contributed by atoms with Gasteiger partial charge in [-0.1, -0.05) is 0 Å². The number of amides is 1. The van der Waals surface area contributed by atoms with E-state index < -0.39 is 23.6 Å². The van der Waals surface area contributed by atoms with E-state index in [9.17, 15) is 22.8 Å². The Morgan fingerprint density at radius 2 is 2.00 bits per heavy atom. The summed E-state index contributed by atoms with van der Waals surface area (Å²) < 4.78 is 42.5. The minimum absolute atomic E-state index is 0.0880. The van der Waals surface area contributed by atoms with Gasteiger partial charge in [-0.15, -0.1) is 0 Å². The van der Waals surface area contributed by atoms with Crippen molar-refractivity contribution >= 4 is 27.8 Å². The van der Waals surface area contributed by atoms with Crippen LogP contribution in [0.3, 0.4) is 0 Å². The Labute approximate surface area is 107 Å². The number of nitrogens with one attached hydrogen (secondary N) is 1. The first-order valence-electron chi connectivity index (χ1n) is 4.45. The smallest absolute Gasteiger partial charge is 0.422 e. The molecule has 0 saturated carbocycles. The van der Waals surface area contributed by atoms with E-state index >= 15 is 0 Å². The number of hydrogen-bond acceptors (Lipinski definition) is 3. The molecule has 0 spiro atoms. The molecule has 1 rings (SSSR count). The predicted molar refractivity (Wildman–Crippen MR) is 56.0 cm³/mol. The van der Waals surface area contributed by atoms with Crippen LogP contribution in [0.25, 0.3) is 0 Å². The lowest BCUT2D eigenvalue weighted by Crippen LogP contribution is -2.61. The first kappa shape index (κ1) is 14.6. The van der Waals surface area contributed by atoms with Gasteiger partial charge in [0.1, 0.15) is 0 Å². The SMILES string of the molecule is CC(NC(=O)c1ccoc1Br)(C(=O)O)C(F)(F)F. The Kier molecular flexibility index (Phi) is 3.75. The van der Waals surface area contributed by atoms with E-state index in [1.165, 1.54) is 5.32 Å². The molecule has 2 N–H and O–H groups in total. The number of halogens is 4. The van der Waals surface area contributed by atoms with E-state index in [4.69, 9.17) is 5.11 Å². The van der Waals surface area contributed by atoms with Gasteiger partial charge < -0.3 is 14.8 Å². The van der Waals surface area contributed by atoms with Gasteiger partial charge in [0.05, 0.1) is 11.8 Å². The molecule has 0 radical (unpaired) electrons. The van der Waals surface area contributed by atoms with E-state index in [0.29, 0.717) is 6.92 Å². The molecule has 0 aliphatic heterocycles. The van der Waals surface area contributed by atoms with Gasteiger partial charge in [-0.3, -0.25) is 4.79 Å². The molecule has 1 unspecified atom stereocenters. The monoisotopic (exact) mass is 329 g/mol. The highest BCUT2D eigenvalue weighted by atomic mass is 79.9. The maximum absolute atomic E-state index is 12.6. The number of aliphatic carboxylic acids is 1. The maximum atomic E-state index is 12.6. The summed E-state index contributed by atoms with van der Waals surface area (Å²) in [5.41, 5.74) is -3.60. The average Bonchev–Trinajstić information content (AvgIpc) is 2.62. The Morgan fingerprint density at radius 3 is 2.33 bits per heavy atom. The third-order valence-electron chi connectivity index (χ3n) is 2.22. The number of carboxylic acids is 1. The Morgan fingerprint density at radius 1 is 1.44 bits per heavy atom. The van der Waals surface area contributed by atoms with Crippen molar-refractivity contribution in [3.8, 4) is 0 Å². The first-order valence-corrected chi connectivity index (χ1v) is 5.24. The van der Waals surface area contributed by atoms with Gasteiger partial charge in [0.2, 0.25) is 5.54 Å². The normalized spacial score (nSPS) is 14.9. The summed E-state index contributed by atoms with van der Waals surface area (Å²) in [6.45, 7) is 0.362. The van der Waals surface area contributed by atoms with Crippen molar-refractivity contribution < 1.29 is 32.3 Å². The van der Waals surface area contributed by atoms with Crippen LogP contribution >= 0.6 is 15.9 Å². The molecule has 1 atom stereocenters. The highest BCUT2D eigenvalue weighted by Crippen LogP contribution is 2.31. The lowest BCUT2D eigenvalue weighted by Gasteiger charge is -2.28. The van der Waals surface area contributed by atoms with Crippen LogP contribution in [0.1, 0.15) is 17.3 Å². The van der Waals surface area contributed by atoms with Gasteiger partial charge in [0.15, 0.2) is 4.67 Å². The van der Waals surface area contributed by atoms with Crippen LogP contribution in [0.2, 0.25) is 0 Å². The molecular formula is C9H7BrF3NO4. The minimum Gasteiger partial charge on any atom is -0.479 e. The molecule has 1 aromatic heterocycles. The molecule has 0 aromatic carbocycles. The van der Waals surface area contributed by atoms with Crippen LogP contribution in [-0.4, -0.2) is 28.7 Å². The summed E-state index contributed by atoms with van der Waals surface area (Å²) in [5.74, 6) is -3.42. The first-order chi connectivity index (χ1) is 8.09. The molecule has 100 valence electrons. The second kappa shape index (κ2) is 4.63. The molecule has 18 heavy (non-hydrogen) atoms. The summed E-state index contributed by atoms with van der Waals surface area (Å²) in [4.78, 5) is 22.2. The van der Waals surface area contributed by atoms with Crippen molar-refractivity contribution in [2.45, 2.75) is 18.6 Å². The van der Waals surface area contributed by atoms with Crippen LogP contribution in [0, 0.1) is 0 Å². The molecule has 5 nitrogen and oxygen atoms in total. The quantitative estimate of drug-likeness (QED) is 0.890. The van der Waals surface area contributed by atoms with Crippen LogP contribution in [0.4, 0.5) is 13.2 Å². The average molecular weight is 330 g/mol. The molecule has 1 amide bonds. The Balaban J connectivity index is 3.04. The fraction of sp³-hybridized carbons (Fsp3) is 0.333. The third-order valence-corrected chi connectivity index (χ3v) is 2.83. The van der Waals surface area contributed by atoms with Gasteiger partial charge >= 0.3 is 12.1 Å². The second-order valence-corrected chi connectivity index (χ2v) is 4.21. The van der Waals surface area contributed by atoms with Gasteiger partial charge in [0, 0.05) is 0 Å². The number of carbonyl (C=O) groups is 2. The van der Waals surface area contributed by atoms with Gasteiger partial charge in [-0.25, -0.2) is 4.79 Å². The minimum atomic E-state index is -5.13. The van der Waals surface area contributed by atoms with Crippen molar-refractivity contribution in [1.82, 2.24) is 5.32 Å². The summed E-state index contributed by atoms with van der Waals surface area (Å²) in [6.07, 6.45) is -4.06. The van der Waals surface area contributed by atoms with Gasteiger partial charge in [-0.05, 0) is 28.9 Å². The van der Waals surface area contributed by atoms with Gasteiger partial charge in [-0.2, -0.15) is 13.2 Å². The Bertz CT molecular complexity index is 484. The van der Waals surface area contributed by atoms with Crippen LogP contribution in [-0.2, 0) is 4.79 Å². The van der Waals surface area contributed by atoms with Crippen molar-refractivity contribution in [2.75, 3.05) is 0 Å². The fourth-order valence-electron chi connectivity index (χ4n) is 0.996. The number of hydrogen-bond donors (Lipinski definition) is 2. The van der Waals surface area contributed by atoms with Crippen molar-refractivity contribution in [1.29, 1.82) is 0 Å². The molecule has 9 heteroatoms. The molecule has 0 saturated heterocycles. The van der Waals surface area contributed by atoms with Crippen LogP contribution in [0.5, 0.6) is 0 Å². The molecule has 0 aliphatic rings. The molecule has 1 aromatic rings. The molecular weight excluding hydrogens is 323 g/mol. The summed E-state index contributed by atoms with van der Waals surface area (Å²) in [5, 5.41) is 10.0. The lowest BCUT2D eigenvalue weighted by atomic mass is 10.0. The van der Waals surface area contributed by atoms with E-state index in [1.807, 2.05) is 0 Å². The summed E-state index contributed by atoms with van der Waals surface area (Å²) in [7, 11) is 0. The van der Waals surface area contributed by atoms with Crippen LogP contribution < -0.4 is 5.32 Å². The molecule has 0 fully saturated rings. The van der Waals surface area contributed by atoms with E-state index in [0.717, 1.165) is 12.3 Å². The highest BCUT2D eigenvalue weighted by Gasteiger charge is 2.58. The number of furan rings is 1. The second-order valence-electron chi connectivity index (χ2n) is 3.49. The maximum Gasteiger partial charge on any atom is 0.422 e.